The van der Waals surface area contributed by atoms with Crippen molar-refractivity contribution in [2.45, 2.75) is 45.2 Å². The van der Waals surface area contributed by atoms with E-state index in [0.717, 1.165) is 44.7 Å². The molecule has 1 aromatic rings. The van der Waals surface area contributed by atoms with E-state index >= 15 is 0 Å². The number of hydrogen-bond acceptors (Lipinski definition) is 4. The van der Waals surface area contributed by atoms with Gasteiger partial charge in [-0.2, -0.15) is 0 Å². The Hall–Kier alpha value is -1.04. The van der Waals surface area contributed by atoms with E-state index in [4.69, 9.17) is 10.5 Å². The van der Waals surface area contributed by atoms with Crippen LogP contribution in [0.1, 0.15) is 44.8 Å². The zero-order chi connectivity index (χ0) is 15.7. The predicted molar refractivity (Wildman–Crippen MR) is 83.6 cm³/mol. The van der Waals surface area contributed by atoms with Crippen molar-refractivity contribution in [1.29, 1.82) is 0 Å². The van der Waals surface area contributed by atoms with Crippen LogP contribution in [-0.4, -0.2) is 42.7 Å². The van der Waals surface area contributed by atoms with Gasteiger partial charge in [-0.1, -0.05) is 13.8 Å². The minimum atomic E-state index is -0.329. The van der Waals surface area contributed by atoms with Gasteiger partial charge >= 0.3 is 0 Å². The van der Waals surface area contributed by atoms with Crippen molar-refractivity contribution in [3.8, 4) is 0 Å². The second-order valence-electron chi connectivity index (χ2n) is 5.30. The van der Waals surface area contributed by atoms with Gasteiger partial charge in [0.2, 0.25) is 0 Å². The Labute approximate surface area is 127 Å². The van der Waals surface area contributed by atoms with Crippen LogP contribution in [0.2, 0.25) is 0 Å². The topological polar surface area (TPSA) is 51.4 Å². The molecule has 1 heterocycles. The number of ether oxygens (including phenoxy) is 1. The third-order valence-electron chi connectivity index (χ3n) is 3.90. The molecule has 0 bridgehead atoms. The van der Waals surface area contributed by atoms with Gasteiger partial charge in [0.25, 0.3) is 0 Å². The Kier molecular flexibility index (Phi) is 8.42. The summed E-state index contributed by atoms with van der Waals surface area (Å²) in [6.45, 7) is 6.94. The standard InChI is InChI=1S/C16H28FN3O/c1-4-14(5-2)20(10-11-21-3)9-8-15(18)16-7-6-13(17)12-19-16/h6-7,12,14-15H,4-5,8-11,18H2,1-3H3. The van der Waals surface area contributed by atoms with Gasteiger partial charge in [-0.05, 0) is 31.4 Å². The minimum absolute atomic E-state index is 0.162. The highest BCUT2D eigenvalue weighted by atomic mass is 19.1. The molecule has 0 aliphatic carbocycles. The Morgan fingerprint density at radius 1 is 1.29 bits per heavy atom. The Balaban J connectivity index is 2.56. The number of rotatable bonds is 10. The molecule has 0 aliphatic rings. The Bertz CT molecular complexity index is 382. The first-order valence-corrected chi connectivity index (χ1v) is 7.72. The first-order chi connectivity index (χ1) is 10.1. The van der Waals surface area contributed by atoms with Gasteiger partial charge in [0, 0.05) is 32.3 Å². The molecule has 120 valence electrons. The molecule has 21 heavy (non-hydrogen) atoms. The fraction of sp³-hybridized carbons (Fsp3) is 0.688. The third kappa shape index (κ3) is 6.08. The average molecular weight is 297 g/mol. The SMILES string of the molecule is CCC(CC)N(CCOC)CCC(N)c1ccc(F)cn1. The largest absolute Gasteiger partial charge is 0.383 e. The van der Waals surface area contributed by atoms with Gasteiger partial charge < -0.3 is 10.5 Å². The second kappa shape index (κ2) is 9.82. The van der Waals surface area contributed by atoms with Crippen LogP contribution in [-0.2, 0) is 4.74 Å². The molecule has 1 atom stereocenters. The van der Waals surface area contributed by atoms with Crippen LogP contribution < -0.4 is 5.73 Å². The van der Waals surface area contributed by atoms with E-state index < -0.39 is 0 Å². The molecular weight excluding hydrogens is 269 g/mol. The highest BCUT2D eigenvalue weighted by molar-refractivity contribution is 5.09. The van der Waals surface area contributed by atoms with Crippen molar-refractivity contribution in [3.05, 3.63) is 29.8 Å². The van der Waals surface area contributed by atoms with Crippen LogP contribution >= 0.6 is 0 Å². The van der Waals surface area contributed by atoms with E-state index in [-0.39, 0.29) is 11.9 Å². The molecule has 0 spiro atoms. The molecule has 5 heteroatoms. The van der Waals surface area contributed by atoms with Crippen molar-refractivity contribution in [2.75, 3.05) is 26.8 Å². The summed E-state index contributed by atoms with van der Waals surface area (Å²) in [5.41, 5.74) is 6.91. The fourth-order valence-corrected chi connectivity index (χ4v) is 2.55. The lowest BCUT2D eigenvalue weighted by molar-refractivity contribution is 0.112. The molecule has 0 aliphatic heterocycles. The lowest BCUT2D eigenvalue weighted by atomic mass is 10.1. The molecule has 0 fully saturated rings. The monoisotopic (exact) mass is 297 g/mol. The fourth-order valence-electron chi connectivity index (χ4n) is 2.55. The Morgan fingerprint density at radius 2 is 2.00 bits per heavy atom. The van der Waals surface area contributed by atoms with E-state index in [9.17, 15) is 4.39 Å². The molecule has 1 rings (SSSR count). The molecule has 1 unspecified atom stereocenters. The molecule has 4 nitrogen and oxygen atoms in total. The normalized spacial score (nSPS) is 13.1. The summed E-state index contributed by atoms with van der Waals surface area (Å²) < 4.78 is 18.1. The van der Waals surface area contributed by atoms with Crippen molar-refractivity contribution in [3.63, 3.8) is 0 Å². The highest BCUT2D eigenvalue weighted by Crippen LogP contribution is 2.15. The second-order valence-corrected chi connectivity index (χ2v) is 5.30. The smallest absolute Gasteiger partial charge is 0.141 e. The lowest BCUT2D eigenvalue weighted by Gasteiger charge is -2.31. The highest BCUT2D eigenvalue weighted by Gasteiger charge is 2.17. The maximum absolute atomic E-state index is 12.9. The number of pyridine rings is 1. The zero-order valence-corrected chi connectivity index (χ0v) is 13.4. The van der Waals surface area contributed by atoms with Gasteiger partial charge in [0.15, 0.2) is 0 Å². The molecule has 0 radical (unpaired) electrons. The third-order valence-corrected chi connectivity index (χ3v) is 3.90. The number of hydrogen-bond donors (Lipinski definition) is 1. The summed E-state index contributed by atoms with van der Waals surface area (Å²) in [7, 11) is 1.72. The lowest BCUT2D eigenvalue weighted by Crippen LogP contribution is -2.38. The van der Waals surface area contributed by atoms with E-state index in [1.807, 2.05) is 0 Å². The van der Waals surface area contributed by atoms with Gasteiger partial charge in [0.05, 0.1) is 18.5 Å². The summed E-state index contributed by atoms with van der Waals surface area (Å²) in [5.74, 6) is -0.329. The molecule has 0 saturated carbocycles. The van der Waals surface area contributed by atoms with E-state index in [2.05, 4.69) is 23.7 Å². The maximum Gasteiger partial charge on any atom is 0.141 e. The Morgan fingerprint density at radius 3 is 2.52 bits per heavy atom. The van der Waals surface area contributed by atoms with Crippen LogP contribution in [0.25, 0.3) is 0 Å². The van der Waals surface area contributed by atoms with Gasteiger partial charge in [-0.15, -0.1) is 0 Å². The number of nitrogens with two attached hydrogens (primary N) is 1. The van der Waals surface area contributed by atoms with Crippen LogP contribution in [0.5, 0.6) is 0 Å². The van der Waals surface area contributed by atoms with Crippen molar-refractivity contribution in [1.82, 2.24) is 9.88 Å². The predicted octanol–water partition coefficient (Wildman–Crippen LogP) is 2.75. The molecule has 2 N–H and O–H groups in total. The summed E-state index contributed by atoms with van der Waals surface area (Å²) >= 11 is 0. The van der Waals surface area contributed by atoms with Gasteiger partial charge in [-0.25, -0.2) is 4.39 Å². The van der Waals surface area contributed by atoms with Crippen molar-refractivity contribution >= 4 is 0 Å². The molecule has 1 aromatic heterocycles. The summed E-state index contributed by atoms with van der Waals surface area (Å²) in [5, 5.41) is 0. The zero-order valence-electron chi connectivity index (χ0n) is 13.4. The van der Waals surface area contributed by atoms with E-state index in [1.165, 1.54) is 12.3 Å². The maximum atomic E-state index is 12.9. The number of methoxy groups -OCH3 is 1. The summed E-state index contributed by atoms with van der Waals surface area (Å²) in [6.07, 6.45) is 4.26. The van der Waals surface area contributed by atoms with E-state index in [0.29, 0.717) is 6.04 Å². The number of nitrogens with zero attached hydrogens (tertiary/aromatic N) is 2. The van der Waals surface area contributed by atoms with Gasteiger partial charge in [-0.3, -0.25) is 9.88 Å². The molecule has 0 aromatic carbocycles. The summed E-state index contributed by atoms with van der Waals surface area (Å²) in [4.78, 5) is 6.48. The summed E-state index contributed by atoms with van der Waals surface area (Å²) in [6, 6.07) is 3.46. The van der Waals surface area contributed by atoms with Gasteiger partial charge in [0.1, 0.15) is 5.82 Å². The van der Waals surface area contributed by atoms with E-state index in [1.54, 1.807) is 13.2 Å². The van der Waals surface area contributed by atoms with Crippen molar-refractivity contribution < 1.29 is 9.13 Å². The van der Waals surface area contributed by atoms with Crippen molar-refractivity contribution in [2.24, 2.45) is 5.73 Å². The van der Waals surface area contributed by atoms with Crippen LogP contribution in [0.3, 0.4) is 0 Å². The quantitative estimate of drug-likeness (QED) is 0.721. The van der Waals surface area contributed by atoms with Crippen LogP contribution in [0.15, 0.2) is 18.3 Å². The number of aromatic nitrogens is 1. The molecule has 0 amide bonds. The first-order valence-electron chi connectivity index (χ1n) is 7.72. The average Bonchev–Trinajstić information content (AvgIpc) is 2.50. The first kappa shape index (κ1) is 18.0. The molecular formula is C16H28FN3O. The molecule has 0 saturated heterocycles. The van der Waals surface area contributed by atoms with Crippen LogP contribution in [0, 0.1) is 5.82 Å². The number of halogens is 1. The minimum Gasteiger partial charge on any atom is -0.383 e. The van der Waals surface area contributed by atoms with Crippen LogP contribution in [0.4, 0.5) is 4.39 Å².